The van der Waals surface area contributed by atoms with Crippen LogP contribution in [-0.4, -0.2) is 39.3 Å². The molecule has 1 aromatic heterocycles. The molecule has 30 heavy (non-hydrogen) atoms. The van der Waals surface area contributed by atoms with Crippen LogP contribution >= 0.6 is 0 Å². The molecule has 0 spiro atoms. The Labute approximate surface area is 175 Å². The van der Waals surface area contributed by atoms with Gasteiger partial charge in [-0.1, -0.05) is 65.9 Å². The first kappa shape index (κ1) is 19.4. The van der Waals surface area contributed by atoms with Gasteiger partial charge in [0.15, 0.2) is 12.1 Å². The summed E-state index contributed by atoms with van der Waals surface area (Å²) in [6.45, 7) is 4.86. The molecule has 0 amide bonds. The van der Waals surface area contributed by atoms with Crippen LogP contribution in [0.4, 0.5) is 0 Å². The van der Waals surface area contributed by atoms with Crippen LogP contribution in [-0.2, 0) is 32.1 Å². The van der Waals surface area contributed by atoms with E-state index in [4.69, 9.17) is 18.9 Å². The lowest BCUT2D eigenvalue weighted by molar-refractivity contribution is -0.220. The van der Waals surface area contributed by atoms with Crippen LogP contribution in [0.5, 0.6) is 0 Å². The molecule has 7 nitrogen and oxygen atoms in total. The van der Waals surface area contributed by atoms with Crippen molar-refractivity contribution in [2.24, 2.45) is 0 Å². The molecule has 2 saturated heterocycles. The molecule has 0 saturated carbocycles. The predicted octanol–water partition coefficient (Wildman–Crippen LogP) is 3.46. The third-order valence-corrected chi connectivity index (χ3v) is 5.31. The van der Waals surface area contributed by atoms with Crippen molar-refractivity contribution < 1.29 is 18.9 Å². The third kappa shape index (κ3) is 4.02. The van der Waals surface area contributed by atoms with Crippen molar-refractivity contribution in [3.8, 4) is 0 Å². The fraction of sp³-hybridized carbons (Fsp3) is 0.391. The van der Waals surface area contributed by atoms with Gasteiger partial charge >= 0.3 is 0 Å². The van der Waals surface area contributed by atoms with E-state index in [1.165, 1.54) is 0 Å². The number of aromatic nitrogens is 3. The fourth-order valence-corrected chi connectivity index (χ4v) is 3.96. The van der Waals surface area contributed by atoms with E-state index in [0.717, 1.165) is 11.1 Å². The van der Waals surface area contributed by atoms with Gasteiger partial charge in [-0.15, -0.1) is 5.10 Å². The molecule has 2 aliphatic rings. The largest absolute Gasteiger partial charge is 0.367 e. The Hall–Kier alpha value is -2.58. The molecule has 2 aliphatic heterocycles. The highest BCUT2D eigenvalue weighted by Gasteiger charge is 2.56. The lowest BCUT2D eigenvalue weighted by Crippen LogP contribution is -2.33. The highest BCUT2D eigenvalue weighted by atomic mass is 16.8. The van der Waals surface area contributed by atoms with Crippen molar-refractivity contribution in [1.29, 1.82) is 0 Å². The molecule has 2 aromatic carbocycles. The number of hydrogen-bond acceptors (Lipinski definition) is 6. The molecule has 0 aliphatic carbocycles. The molecule has 3 heterocycles. The second kappa shape index (κ2) is 7.92. The van der Waals surface area contributed by atoms with Gasteiger partial charge in [0.1, 0.15) is 24.0 Å². The van der Waals surface area contributed by atoms with E-state index in [2.05, 4.69) is 22.4 Å². The molecule has 4 atom stereocenters. The Morgan fingerprint density at radius 3 is 2.40 bits per heavy atom. The van der Waals surface area contributed by atoms with Gasteiger partial charge in [0, 0.05) is 0 Å². The lowest BCUT2D eigenvalue weighted by Gasteiger charge is -2.25. The molecule has 0 N–H and O–H groups in total. The monoisotopic (exact) mass is 407 g/mol. The third-order valence-electron chi connectivity index (χ3n) is 5.31. The summed E-state index contributed by atoms with van der Waals surface area (Å²) in [5, 5.41) is 8.64. The first-order valence-electron chi connectivity index (χ1n) is 10.2. The van der Waals surface area contributed by atoms with Crippen molar-refractivity contribution in [3.05, 3.63) is 83.7 Å². The van der Waals surface area contributed by atoms with E-state index in [9.17, 15) is 0 Å². The maximum absolute atomic E-state index is 6.28. The van der Waals surface area contributed by atoms with E-state index in [1.807, 2.05) is 73.3 Å². The normalized spacial score (nSPS) is 27.3. The quantitative estimate of drug-likeness (QED) is 0.623. The summed E-state index contributed by atoms with van der Waals surface area (Å²) in [5.41, 5.74) is 2.96. The number of nitrogens with zero attached hydrogens (tertiary/aromatic N) is 3. The van der Waals surface area contributed by atoms with E-state index in [-0.39, 0.29) is 12.2 Å². The SMILES string of the molecule is CC1(C)O[C@H]2O[C@H](c3cn(Cc4ccccc4)nn3)[C@@H](OCc3ccccc3)[C@H]2O1. The van der Waals surface area contributed by atoms with Crippen LogP contribution in [0.15, 0.2) is 66.9 Å². The van der Waals surface area contributed by atoms with E-state index >= 15 is 0 Å². The van der Waals surface area contributed by atoms with Gasteiger partial charge in [-0.05, 0) is 25.0 Å². The maximum Gasteiger partial charge on any atom is 0.190 e. The molecular formula is C23H25N3O4. The smallest absolute Gasteiger partial charge is 0.190 e. The van der Waals surface area contributed by atoms with Crippen molar-refractivity contribution in [2.75, 3.05) is 0 Å². The molecule has 0 bridgehead atoms. The Balaban J connectivity index is 1.35. The van der Waals surface area contributed by atoms with E-state index in [0.29, 0.717) is 18.8 Å². The van der Waals surface area contributed by atoms with Crippen LogP contribution < -0.4 is 0 Å². The number of rotatable bonds is 6. The average molecular weight is 407 g/mol. The van der Waals surface area contributed by atoms with Crippen LogP contribution in [0.3, 0.4) is 0 Å². The lowest BCUT2D eigenvalue weighted by atomic mass is 10.1. The molecule has 0 radical (unpaired) electrons. The second-order valence-electron chi connectivity index (χ2n) is 8.11. The molecule has 5 rings (SSSR count). The zero-order valence-corrected chi connectivity index (χ0v) is 17.0. The molecule has 7 heteroatoms. The van der Waals surface area contributed by atoms with Crippen LogP contribution in [0.2, 0.25) is 0 Å². The second-order valence-corrected chi connectivity index (χ2v) is 8.11. The van der Waals surface area contributed by atoms with Crippen molar-refractivity contribution >= 4 is 0 Å². The first-order valence-corrected chi connectivity index (χ1v) is 10.2. The van der Waals surface area contributed by atoms with Crippen LogP contribution in [0, 0.1) is 0 Å². The van der Waals surface area contributed by atoms with Gasteiger partial charge in [0.25, 0.3) is 0 Å². The molecule has 156 valence electrons. The minimum absolute atomic E-state index is 0.326. The van der Waals surface area contributed by atoms with Crippen LogP contribution in [0.1, 0.15) is 36.8 Å². The summed E-state index contributed by atoms with van der Waals surface area (Å²) in [5.74, 6) is -0.709. The van der Waals surface area contributed by atoms with Gasteiger partial charge in [-0.2, -0.15) is 0 Å². The summed E-state index contributed by atoms with van der Waals surface area (Å²) in [6.07, 6.45) is 0.323. The average Bonchev–Trinajstić information content (AvgIpc) is 3.40. The predicted molar refractivity (Wildman–Crippen MR) is 108 cm³/mol. The Bertz CT molecular complexity index is 976. The van der Waals surface area contributed by atoms with Gasteiger partial charge in [0.05, 0.1) is 19.3 Å². The van der Waals surface area contributed by atoms with Crippen molar-refractivity contribution in [3.63, 3.8) is 0 Å². The van der Waals surface area contributed by atoms with Crippen LogP contribution in [0.25, 0.3) is 0 Å². The Morgan fingerprint density at radius 2 is 1.67 bits per heavy atom. The standard InChI is InChI=1S/C23H25N3O4/c1-23(2)29-21-20(27-15-17-11-7-4-8-12-17)19(28-22(21)30-23)18-14-26(25-24-18)13-16-9-5-3-6-10-16/h3-12,14,19-22H,13,15H2,1-2H3/t19-,20-,21-,22-/m1/s1. The summed E-state index contributed by atoms with van der Waals surface area (Å²) in [7, 11) is 0. The summed E-state index contributed by atoms with van der Waals surface area (Å²) >= 11 is 0. The van der Waals surface area contributed by atoms with Gasteiger partial charge < -0.3 is 18.9 Å². The molecule has 3 aromatic rings. The zero-order chi connectivity index (χ0) is 20.6. The fourth-order valence-electron chi connectivity index (χ4n) is 3.96. The number of fused-ring (bicyclic) bond motifs is 1. The molecular weight excluding hydrogens is 382 g/mol. The zero-order valence-electron chi connectivity index (χ0n) is 17.0. The van der Waals surface area contributed by atoms with E-state index < -0.39 is 18.2 Å². The van der Waals surface area contributed by atoms with Crippen molar-refractivity contribution in [1.82, 2.24) is 15.0 Å². The number of ether oxygens (including phenoxy) is 4. The Morgan fingerprint density at radius 1 is 0.967 bits per heavy atom. The Kier molecular flexibility index (Phi) is 5.12. The summed E-state index contributed by atoms with van der Waals surface area (Å²) in [4.78, 5) is 0. The van der Waals surface area contributed by atoms with Gasteiger partial charge in [-0.25, -0.2) is 4.68 Å². The number of benzene rings is 2. The molecule has 0 unspecified atom stereocenters. The highest BCUT2D eigenvalue weighted by molar-refractivity contribution is 5.16. The molecule has 2 fully saturated rings. The van der Waals surface area contributed by atoms with Crippen molar-refractivity contribution in [2.45, 2.75) is 57.4 Å². The summed E-state index contributed by atoms with van der Waals surface area (Å²) in [6, 6.07) is 20.2. The van der Waals surface area contributed by atoms with Gasteiger partial charge in [0.2, 0.25) is 0 Å². The maximum atomic E-state index is 6.28. The van der Waals surface area contributed by atoms with Gasteiger partial charge in [-0.3, -0.25) is 0 Å². The minimum Gasteiger partial charge on any atom is -0.367 e. The minimum atomic E-state index is -0.709. The summed E-state index contributed by atoms with van der Waals surface area (Å²) < 4.78 is 26.3. The van der Waals surface area contributed by atoms with E-state index in [1.54, 1.807) is 0 Å². The highest BCUT2D eigenvalue weighted by Crippen LogP contribution is 2.44. The number of hydrogen-bond donors (Lipinski definition) is 0. The first-order chi connectivity index (χ1) is 14.6. The topological polar surface area (TPSA) is 67.6 Å².